The van der Waals surface area contributed by atoms with Gasteiger partial charge in [-0.05, 0) is 51.4 Å². The maximum atomic E-state index is 13.1. The van der Waals surface area contributed by atoms with Crippen molar-refractivity contribution in [2.75, 3.05) is 7.05 Å². The third kappa shape index (κ3) is 4.98. The molecule has 1 unspecified atom stereocenters. The molecule has 26 heavy (non-hydrogen) atoms. The van der Waals surface area contributed by atoms with Crippen LogP contribution in [-0.4, -0.2) is 36.0 Å². The van der Waals surface area contributed by atoms with Crippen LogP contribution >= 0.6 is 0 Å². The predicted octanol–water partition coefficient (Wildman–Crippen LogP) is 2.86. The van der Waals surface area contributed by atoms with Gasteiger partial charge in [0.2, 0.25) is 11.8 Å². The fraction of sp³-hybridized carbons (Fsp3) is 0.850. The molecule has 3 N–H and O–H groups in total. The minimum Gasteiger partial charge on any atom is -0.481 e. The van der Waals surface area contributed by atoms with Gasteiger partial charge in [-0.3, -0.25) is 14.4 Å². The van der Waals surface area contributed by atoms with Gasteiger partial charge in [0.15, 0.2) is 0 Å². The van der Waals surface area contributed by atoms with Crippen molar-refractivity contribution in [1.29, 1.82) is 0 Å². The Kier molecular flexibility index (Phi) is 7.47. The average molecular weight is 367 g/mol. The van der Waals surface area contributed by atoms with Crippen LogP contribution in [-0.2, 0) is 14.4 Å². The zero-order chi connectivity index (χ0) is 19.2. The van der Waals surface area contributed by atoms with E-state index in [2.05, 4.69) is 10.6 Å². The molecule has 0 bridgehead atoms. The summed E-state index contributed by atoms with van der Waals surface area (Å²) in [6.45, 7) is 1.99. The first-order chi connectivity index (χ1) is 12.4. The van der Waals surface area contributed by atoms with Gasteiger partial charge in [-0.2, -0.15) is 0 Å². The van der Waals surface area contributed by atoms with Gasteiger partial charge >= 0.3 is 5.97 Å². The molecule has 2 aliphatic carbocycles. The molecule has 2 saturated carbocycles. The Morgan fingerprint density at radius 1 is 1.12 bits per heavy atom. The number of carboxylic acid groups (broad SMARTS) is 1. The number of carboxylic acids is 1. The molecule has 0 radical (unpaired) electrons. The molecule has 2 rings (SSSR count). The summed E-state index contributed by atoms with van der Waals surface area (Å²) in [6, 6.07) is 0.107. The summed E-state index contributed by atoms with van der Waals surface area (Å²) in [7, 11) is 1.66. The maximum absolute atomic E-state index is 13.1. The minimum atomic E-state index is -0.781. The average Bonchev–Trinajstić information content (AvgIpc) is 3.11. The normalized spacial score (nSPS) is 26.1. The van der Waals surface area contributed by atoms with E-state index in [1.54, 1.807) is 7.05 Å². The lowest BCUT2D eigenvalue weighted by atomic mass is 9.75. The van der Waals surface area contributed by atoms with Gasteiger partial charge in [-0.15, -0.1) is 0 Å². The van der Waals surface area contributed by atoms with E-state index in [1.807, 2.05) is 6.92 Å². The second-order valence-electron chi connectivity index (χ2n) is 8.15. The van der Waals surface area contributed by atoms with E-state index in [4.69, 9.17) is 0 Å². The summed E-state index contributed by atoms with van der Waals surface area (Å²) in [5.74, 6) is -1.04. The van der Waals surface area contributed by atoms with Crippen molar-refractivity contribution < 1.29 is 19.5 Å². The predicted molar refractivity (Wildman–Crippen MR) is 99.5 cm³/mol. The van der Waals surface area contributed by atoms with E-state index in [0.717, 1.165) is 57.8 Å². The Balaban J connectivity index is 1.96. The molecular weight excluding hydrogens is 332 g/mol. The monoisotopic (exact) mass is 366 g/mol. The van der Waals surface area contributed by atoms with Crippen molar-refractivity contribution in [1.82, 2.24) is 10.6 Å². The lowest BCUT2D eigenvalue weighted by molar-refractivity contribution is -0.144. The van der Waals surface area contributed by atoms with Gasteiger partial charge < -0.3 is 15.7 Å². The zero-order valence-electron chi connectivity index (χ0n) is 16.2. The molecular formula is C20H34N2O4. The van der Waals surface area contributed by atoms with Crippen LogP contribution in [0, 0.1) is 17.3 Å². The number of aliphatic carboxylic acids is 1. The quantitative estimate of drug-likeness (QED) is 0.615. The van der Waals surface area contributed by atoms with Crippen LogP contribution in [0.25, 0.3) is 0 Å². The molecule has 6 heteroatoms. The van der Waals surface area contributed by atoms with Crippen molar-refractivity contribution in [3.8, 4) is 0 Å². The number of rotatable bonds is 8. The van der Waals surface area contributed by atoms with E-state index >= 15 is 0 Å². The van der Waals surface area contributed by atoms with Crippen LogP contribution in [0.4, 0.5) is 0 Å². The number of hydrogen-bond donors (Lipinski definition) is 3. The van der Waals surface area contributed by atoms with Gasteiger partial charge in [0, 0.05) is 19.0 Å². The van der Waals surface area contributed by atoms with Gasteiger partial charge in [0.25, 0.3) is 0 Å². The van der Waals surface area contributed by atoms with E-state index in [0.29, 0.717) is 12.8 Å². The van der Waals surface area contributed by atoms with Gasteiger partial charge in [-0.1, -0.05) is 26.2 Å². The fourth-order valence-electron chi connectivity index (χ4n) is 4.75. The fourth-order valence-corrected chi connectivity index (χ4v) is 4.75. The molecule has 2 aliphatic rings. The van der Waals surface area contributed by atoms with E-state index in [-0.39, 0.29) is 23.8 Å². The molecule has 0 aliphatic heterocycles. The van der Waals surface area contributed by atoms with Crippen molar-refractivity contribution >= 4 is 17.8 Å². The highest BCUT2D eigenvalue weighted by molar-refractivity contribution is 5.84. The van der Waals surface area contributed by atoms with Crippen molar-refractivity contribution in [2.24, 2.45) is 17.3 Å². The highest BCUT2D eigenvalue weighted by Crippen LogP contribution is 2.44. The number of hydrogen-bond acceptors (Lipinski definition) is 3. The molecule has 0 aromatic rings. The minimum absolute atomic E-state index is 0.0424. The Morgan fingerprint density at radius 2 is 1.73 bits per heavy atom. The van der Waals surface area contributed by atoms with Crippen molar-refractivity contribution in [3.63, 3.8) is 0 Å². The molecule has 6 nitrogen and oxygen atoms in total. The highest BCUT2D eigenvalue weighted by atomic mass is 16.4. The Bertz CT molecular complexity index is 506. The maximum Gasteiger partial charge on any atom is 0.306 e. The molecule has 0 aromatic heterocycles. The Morgan fingerprint density at radius 3 is 2.23 bits per heavy atom. The zero-order valence-corrected chi connectivity index (χ0v) is 16.2. The van der Waals surface area contributed by atoms with E-state index in [9.17, 15) is 19.5 Å². The number of nitrogens with one attached hydrogen (secondary N) is 2. The van der Waals surface area contributed by atoms with Gasteiger partial charge in [0.05, 0.1) is 11.3 Å². The van der Waals surface area contributed by atoms with Crippen LogP contribution in [0.5, 0.6) is 0 Å². The van der Waals surface area contributed by atoms with Gasteiger partial charge in [0.1, 0.15) is 0 Å². The molecule has 1 atom stereocenters. The lowest BCUT2D eigenvalue weighted by Crippen LogP contribution is -2.47. The SMILES string of the molecule is CCCC(CC1(C(=O)N[C@H]2CC[C@@H](C(=O)NC)CC2)CCCC1)C(=O)O. The number of amides is 2. The lowest BCUT2D eigenvalue weighted by Gasteiger charge is -2.34. The Hall–Kier alpha value is -1.59. The molecule has 2 amide bonds. The molecule has 0 aromatic carbocycles. The summed E-state index contributed by atoms with van der Waals surface area (Å²) in [4.78, 5) is 36.4. The summed E-state index contributed by atoms with van der Waals surface area (Å²) in [5.41, 5.74) is -0.518. The van der Waals surface area contributed by atoms with E-state index < -0.39 is 17.3 Å². The largest absolute Gasteiger partial charge is 0.481 e. The topological polar surface area (TPSA) is 95.5 Å². The first-order valence-electron chi connectivity index (χ1n) is 10.2. The standard InChI is InChI=1S/C20H34N2O4/c1-3-6-15(18(24)25)13-20(11-4-5-12-20)19(26)22-16-9-7-14(8-10-16)17(23)21-2/h14-16H,3-13H2,1-2H3,(H,21,23)(H,22,26)(H,24,25)/t14-,15?,16+. The Labute approximate surface area is 156 Å². The van der Waals surface area contributed by atoms with Crippen LogP contribution in [0.15, 0.2) is 0 Å². The second-order valence-corrected chi connectivity index (χ2v) is 8.15. The molecule has 148 valence electrons. The first kappa shape index (κ1) is 20.7. The summed E-state index contributed by atoms with van der Waals surface area (Å²) in [6.07, 6.45) is 8.70. The highest BCUT2D eigenvalue weighted by Gasteiger charge is 2.44. The number of carbonyl (C=O) groups excluding carboxylic acids is 2. The van der Waals surface area contributed by atoms with Crippen LogP contribution < -0.4 is 10.6 Å². The van der Waals surface area contributed by atoms with Crippen LogP contribution in [0.2, 0.25) is 0 Å². The molecule has 0 saturated heterocycles. The third-order valence-electron chi connectivity index (χ3n) is 6.35. The third-order valence-corrected chi connectivity index (χ3v) is 6.35. The number of carbonyl (C=O) groups is 3. The molecule has 0 heterocycles. The summed E-state index contributed by atoms with van der Waals surface area (Å²) < 4.78 is 0. The van der Waals surface area contributed by atoms with E-state index in [1.165, 1.54) is 0 Å². The smallest absolute Gasteiger partial charge is 0.306 e. The summed E-state index contributed by atoms with van der Waals surface area (Å²) >= 11 is 0. The molecule has 0 spiro atoms. The summed E-state index contributed by atoms with van der Waals surface area (Å²) in [5, 5.41) is 15.4. The first-order valence-corrected chi connectivity index (χ1v) is 10.2. The van der Waals surface area contributed by atoms with Crippen LogP contribution in [0.3, 0.4) is 0 Å². The second kappa shape index (κ2) is 9.38. The molecule has 2 fully saturated rings. The van der Waals surface area contributed by atoms with Crippen LogP contribution in [0.1, 0.15) is 77.6 Å². The van der Waals surface area contributed by atoms with Crippen molar-refractivity contribution in [3.05, 3.63) is 0 Å². The van der Waals surface area contributed by atoms with Crippen molar-refractivity contribution in [2.45, 2.75) is 83.6 Å². The van der Waals surface area contributed by atoms with Gasteiger partial charge in [-0.25, -0.2) is 0 Å².